The van der Waals surface area contributed by atoms with Gasteiger partial charge in [-0.1, -0.05) is 26.0 Å². The van der Waals surface area contributed by atoms with Gasteiger partial charge in [0, 0.05) is 11.3 Å². The van der Waals surface area contributed by atoms with Crippen molar-refractivity contribution in [3.8, 4) is 0 Å². The van der Waals surface area contributed by atoms with E-state index in [1.807, 2.05) is 6.07 Å². The van der Waals surface area contributed by atoms with E-state index in [1.165, 1.54) is 23.3 Å². The Morgan fingerprint density at radius 2 is 2.00 bits per heavy atom. The molecule has 0 radical (unpaired) electrons. The molecule has 2 aromatic rings. The molecule has 2 atom stereocenters. The Kier molecular flexibility index (Phi) is 3.66. The predicted molar refractivity (Wildman–Crippen MR) is 81.6 cm³/mol. The molecule has 0 spiro atoms. The Morgan fingerprint density at radius 3 is 2.76 bits per heavy atom. The highest BCUT2D eigenvalue weighted by molar-refractivity contribution is 5.59. The first-order valence-electron chi connectivity index (χ1n) is 7.42. The van der Waals surface area contributed by atoms with E-state index in [-0.39, 0.29) is 11.9 Å². The topological polar surface area (TPSA) is 12.0 Å². The van der Waals surface area contributed by atoms with E-state index in [0.717, 1.165) is 18.2 Å². The molecule has 1 aliphatic rings. The van der Waals surface area contributed by atoms with Crippen LogP contribution in [0.15, 0.2) is 36.4 Å². The van der Waals surface area contributed by atoms with E-state index in [1.54, 1.807) is 0 Å². The van der Waals surface area contributed by atoms with Gasteiger partial charge in [-0.2, -0.15) is 0 Å². The van der Waals surface area contributed by atoms with Gasteiger partial charge in [-0.15, -0.1) is 0 Å². The van der Waals surface area contributed by atoms with Crippen LogP contribution in [0.5, 0.6) is 0 Å². The molecule has 0 saturated carbocycles. The Bertz CT molecular complexity index is 666. The van der Waals surface area contributed by atoms with Gasteiger partial charge in [0.2, 0.25) is 0 Å². The van der Waals surface area contributed by atoms with E-state index in [2.05, 4.69) is 31.3 Å². The van der Waals surface area contributed by atoms with Crippen LogP contribution in [0.2, 0.25) is 0 Å². The van der Waals surface area contributed by atoms with Crippen LogP contribution in [0.3, 0.4) is 0 Å². The number of halogens is 2. The van der Waals surface area contributed by atoms with E-state index in [0.29, 0.717) is 17.9 Å². The Labute approximate surface area is 124 Å². The minimum atomic E-state index is -0.399. The molecule has 0 saturated heterocycles. The second kappa shape index (κ2) is 5.47. The maximum Gasteiger partial charge on any atom is 0.128 e. The van der Waals surface area contributed by atoms with Crippen LogP contribution in [0.1, 0.15) is 48.9 Å². The molecule has 0 fully saturated rings. The lowest BCUT2D eigenvalue weighted by Gasteiger charge is -2.12. The fourth-order valence-electron chi connectivity index (χ4n) is 2.89. The van der Waals surface area contributed by atoms with Crippen LogP contribution in [-0.2, 0) is 6.42 Å². The maximum atomic E-state index is 13.9. The molecule has 2 unspecified atom stereocenters. The summed E-state index contributed by atoms with van der Waals surface area (Å²) in [6, 6.07) is 9.80. The Balaban J connectivity index is 1.89. The van der Waals surface area contributed by atoms with Crippen molar-refractivity contribution in [1.82, 2.24) is 0 Å². The maximum absolute atomic E-state index is 13.9. The number of rotatable bonds is 3. The highest BCUT2D eigenvalue weighted by atomic mass is 19.1. The SMILES string of the molecule is CCC(C)c1ccc2c(c1)CC(c1cc(F)ccc1F)N2. The van der Waals surface area contributed by atoms with Crippen molar-refractivity contribution in [1.29, 1.82) is 0 Å². The molecule has 1 N–H and O–H groups in total. The summed E-state index contributed by atoms with van der Waals surface area (Å²) in [6.45, 7) is 4.37. The van der Waals surface area contributed by atoms with Crippen LogP contribution in [0, 0.1) is 11.6 Å². The number of anilines is 1. The standard InChI is InChI=1S/C18H19F2N/c1-3-11(2)12-4-7-17-13(8-12)9-18(21-17)15-10-14(19)5-6-16(15)20/h4-8,10-11,18,21H,3,9H2,1-2H3. The first-order valence-corrected chi connectivity index (χ1v) is 7.42. The van der Waals surface area contributed by atoms with Gasteiger partial charge in [0.25, 0.3) is 0 Å². The van der Waals surface area contributed by atoms with E-state index in [9.17, 15) is 8.78 Å². The summed E-state index contributed by atoms with van der Waals surface area (Å²) in [4.78, 5) is 0. The third-order valence-corrected chi connectivity index (χ3v) is 4.40. The van der Waals surface area contributed by atoms with Gasteiger partial charge >= 0.3 is 0 Å². The number of hydrogen-bond donors (Lipinski definition) is 1. The van der Waals surface area contributed by atoms with Crippen molar-refractivity contribution < 1.29 is 8.78 Å². The van der Waals surface area contributed by atoms with E-state index >= 15 is 0 Å². The van der Waals surface area contributed by atoms with E-state index < -0.39 is 5.82 Å². The molecule has 3 heteroatoms. The number of nitrogens with one attached hydrogen (secondary N) is 1. The first-order chi connectivity index (χ1) is 10.1. The van der Waals surface area contributed by atoms with Gasteiger partial charge in [-0.05, 0) is 54.2 Å². The Hall–Kier alpha value is -1.90. The van der Waals surface area contributed by atoms with Crippen molar-refractivity contribution in [3.63, 3.8) is 0 Å². The van der Waals surface area contributed by atoms with Gasteiger partial charge in [-0.25, -0.2) is 8.78 Å². The highest BCUT2D eigenvalue weighted by Crippen LogP contribution is 2.37. The number of fused-ring (bicyclic) bond motifs is 1. The minimum absolute atomic E-state index is 0.192. The van der Waals surface area contributed by atoms with Gasteiger partial charge in [0.1, 0.15) is 11.6 Å². The molecule has 1 nitrogen and oxygen atoms in total. The predicted octanol–water partition coefficient (Wildman–Crippen LogP) is 5.19. The summed E-state index contributed by atoms with van der Waals surface area (Å²) < 4.78 is 27.3. The molecule has 0 aliphatic carbocycles. The summed E-state index contributed by atoms with van der Waals surface area (Å²) in [7, 11) is 0. The summed E-state index contributed by atoms with van der Waals surface area (Å²) in [6.07, 6.45) is 1.79. The van der Waals surface area contributed by atoms with E-state index in [4.69, 9.17) is 0 Å². The zero-order chi connectivity index (χ0) is 15.0. The van der Waals surface area contributed by atoms with Crippen molar-refractivity contribution in [2.24, 2.45) is 0 Å². The van der Waals surface area contributed by atoms with Crippen LogP contribution in [-0.4, -0.2) is 0 Å². The van der Waals surface area contributed by atoms with Crippen molar-refractivity contribution in [2.75, 3.05) is 5.32 Å². The summed E-state index contributed by atoms with van der Waals surface area (Å²) in [5.41, 5.74) is 3.91. The molecular formula is C18H19F2N. The molecule has 1 aliphatic heterocycles. The zero-order valence-corrected chi connectivity index (χ0v) is 12.3. The monoisotopic (exact) mass is 287 g/mol. The lowest BCUT2D eigenvalue weighted by Crippen LogP contribution is -2.08. The fourth-order valence-corrected chi connectivity index (χ4v) is 2.89. The second-order valence-electron chi connectivity index (χ2n) is 5.79. The normalized spacial score (nSPS) is 18.2. The van der Waals surface area contributed by atoms with Crippen LogP contribution >= 0.6 is 0 Å². The van der Waals surface area contributed by atoms with Gasteiger partial charge in [0.15, 0.2) is 0 Å². The largest absolute Gasteiger partial charge is 0.378 e. The van der Waals surface area contributed by atoms with Gasteiger partial charge in [0.05, 0.1) is 6.04 Å². The molecule has 110 valence electrons. The minimum Gasteiger partial charge on any atom is -0.378 e. The number of hydrogen-bond acceptors (Lipinski definition) is 1. The lowest BCUT2D eigenvalue weighted by atomic mass is 9.95. The third-order valence-electron chi connectivity index (χ3n) is 4.40. The van der Waals surface area contributed by atoms with Gasteiger partial charge in [-0.3, -0.25) is 0 Å². The summed E-state index contributed by atoms with van der Waals surface area (Å²) in [5, 5.41) is 3.30. The second-order valence-corrected chi connectivity index (χ2v) is 5.79. The summed E-state index contributed by atoms with van der Waals surface area (Å²) in [5.74, 6) is -0.242. The molecular weight excluding hydrogens is 268 g/mol. The average molecular weight is 287 g/mol. The third kappa shape index (κ3) is 2.65. The quantitative estimate of drug-likeness (QED) is 0.819. The fraction of sp³-hybridized carbons (Fsp3) is 0.333. The average Bonchev–Trinajstić information content (AvgIpc) is 2.91. The van der Waals surface area contributed by atoms with Crippen LogP contribution in [0.4, 0.5) is 14.5 Å². The van der Waals surface area contributed by atoms with Gasteiger partial charge < -0.3 is 5.32 Å². The molecule has 0 bridgehead atoms. The van der Waals surface area contributed by atoms with Crippen molar-refractivity contribution in [2.45, 2.75) is 38.6 Å². The molecule has 21 heavy (non-hydrogen) atoms. The highest BCUT2D eigenvalue weighted by Gasteiger charge is 2.25. The van der Waals surface area contributed by atoms with Crippen LogP contribution in [0.25, 0.3) is 0 Å². The number of benzene rings is 2. The molecule has 3 rings (SSSR count). The lowest BCUT2D eigenvalue weighted by molar-refractivity contribution is 0.573. The molecule has 0 aromatic heterocycles. The Morgan fingerprint density at radius 1 is 1.19 bits per heavy atom. The summed E-state index contributed by atoms with van der Waals surface area (Å²) >= 11 is 0. The molecule has 2 aromatic carbocycles. The van der Waals surface area contributed by atoms with Crippen molar-refractivity contribution >= 4 is 5.69 Å². The van der Waals surface area contributed by atoms with Crippen LogP contribution < -0.4 is 5.32 Å². The zero-order valence-electron chi connectivity index (χ0n) is 12.3. The molecule has 0 amide bonds. The molecule has 1 heterocycles. The van der Waals surface area contributed by atoms with Crippen molar-refractivity contribution in [3.05, 3.63) is 64.7 Å². The smallest absolute Gasteiger partial charge is 0.128 e. The first kappa shape index (κ1) is 14.1.